The van der Waals surface area contributed by atoms with E-state index in [1.54, 1.807) is 31.2 Å². The average molecular weight is 387 g/mol. The number of hydrogen-bond acceptors (Lipinski definition) is 5. The molecule has 2 fully saturated rings. The highest BCUT2D eigenvalue weighted by Crippen LogP contribution is 2.38. The first kappa shape index (κ1) is 19.9. The molecule has 3 rings (SSSR count). The zero-order valence-electron chi connectivity index (χ0n) is 16.1. The minimum atomic E-state index is -0.878. The number of urea groups is 1. The Labute approximate surface area is 163 Å². The highest BCUT2D eigenvalue weighted by atomic mass is 16.5. The van der Waals surface area contributed by atoms with Crippen LogP contribution in [-0.2, 0) is 14.3 Å². The molecule has 2 aliphatic rings. The minimum absolute atomic E-state index is 0.0428. The molecule has 2 unspecified atom stereocenters. The fourth-order valence-electron chi connectivity index (χ4n) is 3.89. The van der Waals surface area contributed by atoms with E-state index < -0.39 is 23.4 Å². The smallest absolute Gasteiger partial charge is 0.338 e. The van der Waals surface area contributed by atoms with Crippen molar-refractivity contribution in [2.45, 2.75) is 45.1 Å². The predicted octanol–water partition coefficient (Wildman–Crippen LogP) is 2.30. The Morgan fingerprint density at radius 2 is 1.96 bits per heavy atom. The second kappa shape index (κ2) is 8.00. The van der Waals surface area contributed by atoms with Crippen LogP contribution >= 0.6 is 0 Å². The van der Waals surface area contributed by atoms with Crippen LogP contribution in [0.15, 0.2) is 24.3 Å². The molecular weight excluding hydrogens is 362 g/mol. The van der Waals surface area contributed by atoms with E-state index in [1.807, 2.05) is 6.92 Å². The molecule has 1 saturated heterocycles. The first-order chi connectivity index (χ1) is 13.4. The van der Waals surface area contributed by atoms with Crippen LogP contribution in [0.5, 0.6) is 0 Å². The van der Waals surface area contributed by atoms with Crippen molar-refractivity contribution in [2.24, 2.45) is 5.92 Å². The van der Waals surface area contributed by atoms with Gasteiger partial charge in [0.25, 0.3) is 5.91 Å². The fourth-order valence-corrected chi connectivity index (χ4v) is 3.89. The molecule has 1 aliphatic heterocycles. The lowest BCUT2D eigenvalue weighted by molar-refractivity contribution is -0.136. The number of benzene rings is 1. The Kier molecular flexibility index (Phi) is 5.67. The molecule has 1 aliphatic carbocycles. The van der Waals surface area contributed by atoms with Gasteiger partial charge in [-0.3, -0.25) is 14.5 Å². The molecule has 1 aromatic carbocycles. The Hall–Kier alpha value is -2.90. The van der Waals surface area contributed by atoms with Crippen molar-refractivity contribution in [3.63, 3.8) is 0 Å². The van der Waals surface area contributed by atoms with Crippen molar-refractivity contribution in [1.29, 1.82) is 0 Å². The lowest BCUT2D eigenvalue weighted by atomic mass is 9.73. The van der Waals surface area contributed by atoms with E-state index in [4.69, 9.17) is 4.74 Å². The van der Waals surface area contributed by atoms with Crippen LogP contribution in [0.4, 0.5) is 10.5 Å². The number of ether oxygens (including phenoxy) is 1. The summed E-state index contributed by atoms with van der Waals surface area (Å²) in [4.78, 5) is 50.2. The maximum absolute atomic E-state index is 12.9. The maximum atomic E-state index is 12.9. The summed E-state index contributed by atoms with van der Waals surface area (Å²) in [5.41, 5.74) is -0.0373. The van der Waals surface area contributed by atoms with E-state index in [0.717, 1.165) is 24.2 Å². The number of carbonyl (C=O) groups is 4. The molecule has 1 saturated carbocycles. The number of carbonyl (C=O) groups excluding carboxylic acids is 4. The number of rotatable bonds is 5. The van der Waals surface area contributed by atoms with Gasteiger partial charge in [0.1, 0.15) is 12.1 Å². The predicted molar refractivity (Wildman–Crippen MR) is 102 cm³/mol. The van der Waals surface area contributed by atoms with Crippen molar-refractivity contribution in [3.8, 4) is 0 Å². The molecule has 8 heteroatoms. The summed E-state index contributed by atoms with van der Waals surface area (Å²) in [6.07, 6.45) is 3.39. The van der Waals surface area contributed by atoms with E-state index in [-0.39, 0.29) is 25.0 Å². The van der Waals surface area contributed by atoms with Gasteiger partial charge in [0.15, 0.2) is 0 Å². The summed E-state index contributed by atoms with van der Waals surface area (Å²) in [5, 5.41) is 5.47. The molecule has 2 N–H and O–H groups in total. The first-order valence-electron chi connectivity index (χ1n) is 9.58. The lowest BCUT2D eigenvalue weighted by Gasteiger charge is -2.36. The second-order valence-electron chi connectivity index (χ2n) is 7.29. The molecule has 1 heterocycles. The topological polar surface area (TPSA) is 105 Å². The maximum Gasteiger partial charge on any atom is 0.338 e. The third-order valence-corrected chi connectivity index (χ3v) is 5.48. The second-order valence-corrected chi connectivity index (χ2v) is 7.29. The molecule has 1 spiro atoms. The zero-order valence-corrected chi connectivity index (χ0v) is 16.1. The average Bonchev–Trinajstić information content (AvgIpc) is 2.90. The number of imide groups is 1. The van der Waals surface area contributed by atoms with Crippen molar-refractivity contribution < 1.29 is 23.9 Å². The van der Waals surface area contributed by atoms with Gasteiger partial charge < -0.3 is 15.4 Å². The number of anilines is 1. The highest BCUT2D eigenvalue weighted by molar-refractivity contribution is 6.10. The van der Waals surface area contributed by atoms with Gasteiger partial charge in [-0.25, -0.2) is 9.59 Å². The molecule has 1 aromatic rings. The van der Waals surface area contributed by atoms with Gasteiger partial charge in [-0.15, -0.1) is 0 Å². The van der Waals surface area contributed by atoms with Gasteiger partial charge in [0.2, 0.25) is 5.91 Å². The van der Waals surface area contributed by atoms with E-state index in [2.05, 4.69) is 10.6 Å². The van der Waals surface area contributed by atoms with Gasteiger partial charge in [0, 0.05) is 5.69 Å². The number of hydrogen-bond donors (Lipinski definition) is 2. The lowest BCUT2D eigenvalue weighted by Crippen LogP contribution is -2.54. The Balaban J connectivity index is 1.62. The summed E-state index contributed by atoms with van der Waals surface area (Å²) in [6, 6.07) is 5.70. The molecule has 150 valence electrons. The number of nitrogens with zero attached hydrogens (tertiary/aromatic N) is 1. The molecule has 0 aromatic heterocycles. The quantitative estimate of drug-likeness (QED) is 0.596. The van der Waals surface area contributed by atoms with E-state index in [0.29, 0.717) is 17.7 Å². The SMILES string of the molecule is CCOC(=O)c1ccc(NC(=O)CN2C(=O)NC3(CCCCC3C)C2=O)cc1. The summed E-state index contributed by atoms with van der Waals surface area (Å²) in [5.74, 6) is -1.20. The molecular formula is C20H25N3O5. The van der Waals surface area contributed by atoms with E-state index in [1.165, 1.54) is 0 Å². The highest BCUT2D eigenvalue weighted by Gasteiger charge is 2.55. The Morgan fingerprint density at radius 3 is 2.61 bits per heavy atom. The molecule has 28 heavy (non-hydrogen) atoms. The van der Waals surface area contributed by atoms with Crippen LogP contribution in [0.2, 0.25) is 0 Å². The van der Waals surface area contributed by atoms with Gasteiger partial charge >= 0.3 is 12.0 Å². The monoisotopic (exact) mass is 387 g/mol. The van der Waals surface area contributed by atoms with Crippen LogP contribution < -0.4 is 10.6 Å². The van der Waals surface area contributed by atoms with Crippen LogP contribution in [0, 0.1) is 5.92 Å². The summed E-state index contributed by atoms with van der Waals surface area (Å²) in [7, 11) is 0. The first-order valence-corrected chi connectivity index (χ1v) is 9.58. The van der Waals surface area contributed by atoms with Crippen LogP contribution in [0.3, 0.4) is 0 Å². The minimum Gasteiger partial charge on any atom is -0.462 e. The van der Waals surface area contributed by atoms with E-state index >= 15 is 0 Å². The van der Waals surface area contributed by atoms with Gasteiger partial charge in [-0.2, -0.15) is 0 Å². The molecule has 0 bridgehead atoms. The molecule has 2 atom stereocenters. The Bertz CT molecular complexity index is 792. The zero-order chi connectivity index (χ0) is 20.3. The number of amides is 4. The third-order valence-electron chi connectivity index (χ3n) is 5.48. The number of nitrogens with one attached hydrogen (secondary N) is 2. The molecule has 8 nitrogen and oxygen atoms in total. The largest absolute Gasteiger partial charge is 0.462 e. The van der Waals surface area contributed by atoms with Crippen LogP contribution in [-0.4, -0.2) is 47.4 Å². The number of esters is 1. The van der Waals surface area contributed by atoms with Crippen LogP contribution in [0.1, 0.15) is 49.9 Å². The van der Waals surface area contributed by atoms with E-state index in [9.17, 15) is 19.2 Å². The standard InChI is InChI=1S/C20H25N3O5/c1-3-28-17(25)14-7-9-15(10-8-14)21-16(24)12-23-18(26)20(22-19(23)27)11-5-4-6-13(20)2/h7-10,13H,3-6,11-12H2,1-2H3,(H,21,24)(H,22,27). The summed E-state index contributed by atoms with van der Waals surface area (Å²) in [6.45, 7) is 3.62. The normalized spacial score (nSPS) is 24.2. The van der Waals surface area contributed by atoms with Crippen molar-refractivity contribution in [1.82, 2.24) is 10.2 Å². The summed E-state index contributed by atoms with van der Waals surface area (Å²) >= 11 is 0. The van der Waals surface area contributed by atoms with Gasteiger partial charge in [0.05, 0.1) is 12.2 Å². The van der Waals surface area contributed by atoms with Crippen LogP contribution in [0.25, 0.3) is 0 Å². The molecule has 4 amide bonds. The summed E-state index contributed by atoms with van der Waals surface area (Å²) < 4.78 is 4.91. The van der Waals surface area contributed by atoms with Crippen molar-refractivity contribution in [3.05, 3.63) is 29.8 Å². The third kappa shape index (κ3) is 3.72. The van der Waals surface area contributed by atoms with Gasteiger partial charge in [-0.05, 0) is 49.9 Å². The van der Waals surface area contributed by atoms with Gasteiger partial charge in [-0.1, -0.05) is 19.8 Å². The fraction of sp³-hybridized carbons (Fsp3) is 0.500. The van der Waals surface area contributed by atoms with Crippen molar-refractivity contribution >= 4 is 29.5 Å². The Morgan fingerprint density at radius 1 is 1.25 bits per heavy atom. The van der Waals surface area contributed by atoms with Crippen molar-refractivity contribution in [2.75, 3.05) is 18.5 Å². The molecule has 0 radical (unpaired) electrons.